The fourth-order valence-electron chi connectivity index (χ4n) is 4.83. The molecule has 5 nitrogen and oxygen atoms in total. The van der Waals surface area contributed by atoms with Crippen LogP contribution >= 0.6 is 23.2 Å². The maximum absolute atomic E-state index is 13.5. The minimum absolute atomic E-state index is 0.122. The third-order valence-corrected chi connectivity index (χ3v) is 7.08. The zero-order valence-corrected chi connectivity index (χ0v) is 19.6. The van der Waals surface area contributed by atoms with Gasteiger partial charge in [0.05, 0.1) is 6.04 Å². The number of hydrogen-bond donors (Lipinski definition) is 1. The Morgan fingerprint density at radius 2 is 1.79 bits per heavy atom. The SMILES string of the molecule is O=C(C=Cc1c(Cl)cccc1Cl)N1CCc2c([nH]c3ccccc23)C1c1ccc2c(c1)OCO2. The van der Waals surface area contributed by atoms with E-state index in [0.717, 1.165) is 23.2 Å². The first-order valence-electron chi connectivity index (χ1n) is 11.0. The molecule has 34 heavy (non-hydrogen) atoms. The third kappa shape index (κ3) is 3.52. The molecule has 7 heteroatoms. The summed E-state index contributed by atoms with van der Waals surface area (Å²) in [5.41, 5.74) is 4.90. The number of rotatable bonds is 3. The van der Waals surface area contributed by atoms with Gasteiger partial charge in [-0.05, 0) is 54.0 Å². The van der Waals surface area contributed by atoms with Crippen LogP contribution in [0, 0.1) is 0 Å². The Balaban J connectivity index is 1.43. The molecule has 3 heterocycles. The first kappa shape index (κ1) is 21.1. The average molecular weight is 491 g/mol. The Hall–Kier alpha value is -3.41. The minimum Gasteiger partial charge on any atom is -0.454 e. The molecular formula is C27H20Cl2N2O3. The summed E-state index contributed by atoms with van der Waals surface area (Å²) in [7, 11) is 0. The van der Waals surface area contributed by atoms with Crippen molar-refractivity contribution in [3.63, 3.8) is 0 Å². The summed E-state index contributed by atoms with van der Waals surface area (Å²) in [6.45, 7) is 0.776. The number of carbonyl (C=O) groups excluding carboxylic acids is 1. The molecule has 1 aromatic heterocycles. The van der Waals surface area contributed by atoms with E-state index in [4.69, 9.17) is 32.7 Å². The van der Waals surface area contributed by atoms with Crippen molar-refractivity contribution in [3.05, 3.63) is 99.2 Å². The second-order valence-corrected chi connectivity index (χ2v) is 9.14. The number of benzene rings is 3. The summed E-state index contributed by atoms with van der Waals surface area (Å²) >= 11 is 12.6. The minimum atomic E-state index is -0.301. The van der Waals surface area contributed by atoms with Crippen LogP contribution in [-0.2, 0) is 11.2 Å². The number of carbonyl (C=O) groups is 1. The van der Waals surface area contributed by atoms with Crippen molar-refractivity contribution in [1.82, 2.24) is 9.88 Å². The molecule has 4 aromatic rings. The van der Waals surface area contributed by atoms with Crippen molar-refractivity contribution in [2.75, 3.05) is 13.3 Å². The van der Waals surface area contributed by atoms with Gasteiger partial charge in [0, 0.05) is 44.8 Å². The van der Waals surface area contributed by atoms with E-state index in [1.807, 2.05) is 35.2 Å². The smallest absolute Gasteiger partial charge is 0.247 e. The highest BCUT2D eigenvalue weighted by Crippen LogP contribution is 2.42. The number of para-hydroxylation sites is 1. The van der Waals surface area contributed by atoms with E-state index in [1.165, 1.54) is 10.9 Å². The largest absolute Gasteiger partial charge is 0.454 e. The molecule has 1 amide bonds. The summed E-state index contributed by atoms with van der Waals surface area (Å²) in [6.07, 6.45) is 3.98. The van der Waals surface area contributed by atoms with Gasteiger partial charge in [0.25, 0.3) is 0 Å². The highest BCUT2D eigenvalue weighted by atomic mass is 35.5. The monoisotopic (exact) mass is 490 g/mol. The fourth-order valence-corrected chi connectivity index (χ4v) is 5.35. The molecular weight excluding hydrogens is 471 g/mol. The molecule has 1 N–H and O–H groups in total. The lowest BCUT2D eigenvalue weighted by Crippen LogP contribution is -2.39. The average Bonchev–Trinajstić information content (AvgIpc) is 3.47. The number of aromatic nitrogens is 1. The number of amides is 1. The normalized spacial score (nSPS) is 16.9. The number of halogens is 2. The van der Waals surface area contributed by atoms with Crippen molar-refractivity contribution >= 4 is 46.1 Å². The van der Waals surface area contributed by atoms with Crippen LogP contribution in [0.25, 0.3) is 17.0 Å². The van der Waals surface area contributed by atoms with Crippen molar-refractivity contribution in [3.8, 4) is 11.5 Å². The Bertz CT molecular complexity index is 1440. The van der Waals surface area contributed by atoms with Crippen LogP contribution in [-0.4, -0.2) is 29.1 Å². The first-order valence-corrected chi connectivity index (χ1v) is 11.8. The van der Waals surface area contributed by atoms with E-state index < -0.39 is 0 Å². The molecule has 0 fully saturated rings. The number of fused-ring (bicyclic) bond motifs is 4. The van der Waals surface area contributed by atoms with Gasteiger partial charge in [0.1, 0.15) is 0 Å². The van der Waals surface area contributed by atoms with Gasteiger partial charge in [0.2, 0.25) is 12.7 Å². The topological polar surface area (TPSA) is 54.6 Å². The maximum atomic E-state index is 13.5. The van der Waals surface area contributed by atoms with E-state index in [1.54, 1.807) is 30.4 Å². The fraction of sp³-hybridized carbons (Fsp3) is 0.148. The Labute approximate surface area is 206 Å². The van der Waals surface area contributed by atoms with Crippen LogP contribution in [0.1, 0.15) is 28.4 Å². The Morgan fingerprint density at radius 1 is 1.00 bits per heavy atom. The summed E-state index contributed by atoms with van der Waals surface area (Å²) < 4.78 is 11.1. The van der Waals surface area contributed by atoms with Gasteiger partial charge in [-0.1, -0.05) is 53.5 Å². The lowest BCUT2D eigenvalue weighted by molar-refractivity contribution is -0.128. The van der Waals surface area contributed by atoms with Crippen LogP contribution in [0.15, 0.2) is 66.7 Å². The lowest BCUT2D eigenvalue weighted by atomic mass is 9.92. The van der Waals surface area contributed by atoms with Crippen molar-refractivity contribution < 1.29 is 14.3 Å². The first-order chi connectivity index (χ1) is 16.6. The highest BCUT2D eigenvalue weighted by Gasteiger charge is 2.34. The van der Waals surface area contributed by atoms with Crippen LogP contribution in [0.2, 0.25) is 10.0 Å². The summed E-state index contributed by atoms with van der Waals surface area (Å²) in [5.74, 6) is 1.28. The zero-order chi connectivity index (χ0) is 23.2. The van der Waals surface area contributed by atoms with E-state index in [-0.39, 0.29) is 18.7 Å². The van der Waals surface area contributed by atoms with E-state index in [9.17, 15) is 4.79 Å². The van der Waals surface area contributed by atoms with Gasteiger partial charge in [-0.25, -0.2) is 0 Å². The molecule has 0 radical (unpaired) electrons. The molecule has 6 rings (SSSR count). The predicted octanol–water partition coefficient (Wildman–Crippen LogP) is 6.39. The summed E-state index contributed by atoms with van der Waals surface area (Å²) in [4.78, 5) is 19.0. The second-order valence-electron chi connectivity index (χ2n) is 8.33. The Morgan fingerprint density at radius 3 is 2.65 bits per heavy atom. The van der Waals surface area contributed by atoms with Crippen LogP contribution in [0.4, 0.5) is 0 Å². The molecule has 1 unspecified atom stereocenters. The van der Waals surface area contributed by atoms with Gasteiger partial charge in [0.15, 0.2) is 11.5 Å². The maximum Gasteiger partial charge on any atom is 0.247 e. The number of aromatic amines is 1. The number of hydrogen-bond acceptors (Lipinski definition) is 3. The number of ether oxygens (including phenoxy) is 2. The molecule has 0 aliphatic carbocycles. The molecule has 170 valence electrons. The van der Waals surface area contributed by atoms with Crippen LogP contribution < -0.4 is 9.47 Å². The quantitative estimate of drug-likeness (QED) is 0.338. The summed E-state index contributed by atoms with van der Waals surface area (Å²) in [5, 5.41) is 2.19. The number of H-pyrrole nitrogens is 1. The van der Waals surface area contributed by atoms with Crippen LogP contribution in [0.5, 0.6) is 11.5 Å². The molecule has 2 aliphatic rings. The number of nitrogens with zero attached hydrogens (tertiary/aromatic N) is 1. The van der Waals surface area contributed by atoms with Gasteiger partial charge in [-0.15, -0.1) is 0 Å². The second kappa shape index (κ2) is 8.42. The number of nitrogens with one attached hydrogen (secondary N) is 1. The van der Waals surface area contributed by atoms with Crippen LogP contribution in [0.3, 0.4) is 0 Å². The van der Waals surface area contributed by atoms with E-state index in [0.29, 0.717) is 33.7 Å². The van der Waals surface area contributed by atoms with Gasteiger partial charge in [-0.2, -0.15) is 0 Å². The third-order valence-electron chi connectivity index (χ3n) is 6.42. The molecule has 0 bridgehead atoms. The van der Waals surface area contributed by atoms with Gasteiger partial charge >= 0.3 is 0 Å². The highest BCUT2D eigenvalue weighted by molar-refractivity contribution is 6.37. The molecule has 3 aromatic carbocycles. The predicted molar refractivity (Wildman–Crippen MR) is 134 cm³/mol. The summed E-state index contributed by atoms with van der Waals surface area (Å²) in [6, 6.07) is 19.1. The Kier molecular flexibility index (Phi) is 5.24. The van der Waals surface area contributed by atoms with E-state index in [2.05, 4.69) is 17.1 Å². The van der Waals surface area contributed by atoms with Gasteiger partial charge in [-0.3, -0.25) is 4.79 Å². The molecule has 0 saturated heterocycles. The van der Waals surface area contributed by atoms with E-state index >= 15 is 0 Å². The standard InChI is InChI=1S/C27H20Cl2N2O3/c28-20-5-3-6-21(29)19(20)9-11-25(32)31-13-12-18-17-4-1-2-7-22(17)30-26(18)27(31)16-8-10-23-24(14-16)34-15-33-23/h1-11,14,27,30H,12-13,15H2. The molecule has 0 spiro atoms. The van der Waals surface area contributed by atoms with Crippen molar-refractivity contribution in [2.24, 2.45) is 0 Å². The lowest BCUT2D eigenvalue weighted by Gasteiger charge is -2.35. The molecule has 0 saturated carbocycles. The zero-order valence-electron chi connectivity index (χ0n) is 18.1. The van der Waals surface area contributed by atoms with Crippen molar-refractivity contribution in [2.45, 2.75) is 12.5 Å². The van der Waals surface area contributed by atoms with Gasteiger partial charge < -0.3 is 19.4 Å². The molecule has 1 atom stereocenters. The molecule has 2 aliphatic heterocycles. The van der Waals surface area contributed by atoms with Crippen molar-refractivity contribution in [1.29, 1.82) is 0 Å².